The first-order valence-corrected chi connectivity index (χ1v) is 5.86. The van der Waals surface area contributed by atoms with E-state index in [1.807, 2.05) is 0 Å². The molecule has 0 aliphatic rings. The van der Waals surface area contributed by atoms with Crippen LogP contribution in [0, 0.1) is 11.6 Å². The Morgan fingerprint density at radius 1 is 1.42 bits per heavy atom. The molecule has 0 heterocycles. The zero-order valence-corrected chi connectivity index (χ0v) is 10.8. The molecule has 2 N–H and O–H groups in total. The summed E-state index contributed by atoms with van der Waals surface area (Å²) in [5, 5.41) is 12.9. The van der Waals surface area contributed by atoms with Crippen LogP contribution in [-0.2, 0) is 9.53 Å². The van der Waals surface area contributed by atoms with Crippen molar-refractivity contribution in [3.8, 4) is 0 Å². The number of hydrogen-bond acceptors (Lipinski definition) is 4. The number of aliphatic hydroxyl groups is 1. The Morgan fingerprint density at radius 2 is 2.11 bits per heavy atom. The summed E-state index contributed by atoms with van der Waals surface area (Å²) in [6, 6.07) is 2.76. The fourth-order valence-corrected chi connectivity index (χ4v) is 1.76. The van der Waals surface area contributed by atoms with E-state index in [9.17, 15) is 18.7 Å². The molecule has 0 saturated heterocycles. The van der Waals surface area contributed by atoms with Crippen molar-refractivity contribution in [3.63, 3.8) is 0 Å². The number of hydrogen-bond donors (Lipinski definition) is 2. The number of likely N-dealkylation sites (N-methyl/N-ethyl adjacent to an activating group) is 1. The van der Waals surface area contributed by atoms with Crippen molar-refractivity contribution in [1.82, 2.24) is 5.32 Å². The molecule has 1 aromatic carbocycles. The summed E-state index contributed by atoms with van der Waals surface area (Å²) >= 11 is 0. The summed E-state index contributed by atoms with van der Waals surface area (Å²) in [7, 11) is 2.90. The highest BCUT2D eigenvalue weighted by molar-refractivity contribution is 5.69. The predicted octanol–water partition coefficient (Wildman–Crippen LogP) is 1.54. The van der Waals surface area contributed by atoms with Crippen LogP contribution >= 0.6 is 0 Å². The minimum absolute atomic E-state index is 0.128. The zero-order valence-electron chi connectivity index (χ0n) is 10.8. The number of halogens is 2. The van der Waals surface area contributed by atoms with Crippen LogP contribution in [0.2, 0.25) is 0 Å². The van der Waals surface area contributed by atoms with Crippen LogP contribution in [-0.4, -0.2) is 31.3 Å². The van der Waals surface area contributed by atoms with E-state index in [4.69, 9.17) is 0 Å². The first-order chi connectivity index (χ1) is 8.99. The predicted molar refractivity (Wildman–Crippen MR) is 65.4 cm³/mol. The summed E-state index contributed by atoms with van der Waals surface area (Å²) in [4.78, 5) is 11.0. The van der Waals surface area contributed by atoms with Crippen LogP contribution in [0.1, 0.15) is 24.5 Å². The maximum absolute atomic E-state index is 13.1. The third-order valence-corrected chi connectivity index (χ3v) is 2.92. The monoisotopic (exact) mass is 273 g/mol. The van der Waals surface area contributed by atoms with Crippen LogP contribution in [0.4, 0.5) is 8.78 Å². The van der Waals surface area contributed by atoms with Gasteiger partial charge in [0.25, 0.3) is 0 Å². The van der Waals surface area contributed by atoms with Gasteiger partial charge in [0.05, 0.1) is 13.2 Å². The largest absolute Gasteiger partial charge is 0.469 e. The van der Waals surface area contributed by atoms with Crippen molar-refractivity contribution in [1.29, 1.82) is 0 Å². The van der Waals surface area contributed by atoms with Crippen molar-refractivity contribution < 1.29 is 23.4 Å². The number of esters is 1. The molecule has 0 saturated carbocycles. The first-order valence-electron chi connectivity index (χ1n) is 5.86. The zero-order chi connectivity index (χ0) is 14.4. The average molecular weight is 273 g/mol. The quantitative estimate of drug-likeness (QED) is 0.772. The van der Waals surface area contributed by atoms with Crippen LogP contribution in [0.5, 0.6) is 0 Å². The van der Waals surface area contributed by atoms with E-state index in [1.54, 1.807) is 7.05 Å². The molecule has 0 bridgehead atoms. The molecule has 19 heavy (non-hydrogen) atoms. The number of carbonyl (C=O) groups excluding carboxylic acids is 1. The maximum atomic E-state index is 13.1. The number of rotatable bonds is 6. The minimum atomic E-state index is -1.04. The van der Waals surface area contributed by atoms with Gasteiger partial charge in [0.2, 0.25) is 0 Å². The van der Waals surface area contributed by atoms with E-state index in [0.29, 0.717) is 6.42 Å². The van der Waals surface area contributed by atoms with Crippen LogP contribution in [0.3, 0.4) is 0 Å². The molecule has 106 valence electrons. The summed E-state index contributed by atoms with van der Waals surface area (Å²) < 4.78 is 30.4. The highest BCUT2D eigenvalue weighted by atomic mass is 19.2. The number of carbonyl (C=O) groups is 1. The molecule has 1 aromatic rings. The lowest BCUT2D eigenvalue weighted by molar-refractivity contribution is -0.140. The van der Waals surface area contributed by atoms with E-state index < -0.39 is 29.7 Å². The molecule has 4 nitrogen and oxygen atoms in total. The molecule has 0 fully saturated rings. The first kappa shape index (κ1) is 15.5. The molecular weight excluding hydrogens is 256 g/mol. The maximum Gasteiger partial charge on any atom is 0.305 e. The van der Waals surface area contributed by atoms with E-state index in [-0.39, 0.29) is 12.0 Å². The second-order valence-electron chi connectivity index (χ2n) is 4.13. The van der Waals surface area contributed by atoms with Crippen LogP contribution < -0.4 is 5.32 Å². The van der Waals surface area contributed by atoms with Crippen LogP contribution in [0.25, 0.3) is 0 Å². The summed E-state index contributed by atoms with van der Waals surface area (Å²) in [5.74, 6) is -2.37. The Labute approximate surface area is 110 Å². The number of methoxy groups -OCH3 is 1. The molecule has 0 aliphatic heterocycles. The van der Waals surface area contributed by atoms with E-state index in [2.05, 4.69) is 10.1 Å². The average Bonchev–Trinajstić information content (AvgIpc) is 2.41. The molecule has 0 amide bonds. The summed E-state index contributed by atoms with van der Waals surface area (Å²) in [6.45, 7) is 0. The van der Waals surface area contributed by atoms with Gasteiger partial charge < -0.3 is 15.2 Å². The van der Waals surface area contributed by atoms with Gasteiger partial charge in [-0.2, -0.15) is 0 Å². The lowest BCUT2D eigenvalue weighted by atomic mass is 9.98. The van der Waals surface area contributed by atoms with Crippen molar-refractivity contribution in [2.24, 2.45) is 0 Å². The Hall–Kier alpha value is -1.53. The number of ether oxygens (including phenoxy) is 1. The van der Waals surface area contributed by atoms with Crippen LogP contribution in [0.15, 0.2) is 18.2 Å². The van der Waals surface area contributed by atoms with Gasteiger partial charge >= 0.3 is 5.97 Å². The number of nitrogens with one attached hydrogen (secondary N) is 1. The smallest absolute Gasteiger partial charge is 0.305 e. The minimum Gasteiger partial charge on any atom is -0.469 e. The molecule has 0 radical (unpaired) electrons. The van der Waals surface area contributed by atoms with E-state index in [1.165, 1.54) is 13.2 Å². The third kappa shape index (κ3) is 4.25. The fraction of sp³-hybridized carbons (Fsp3) is 0.462. The van der Waals surface area contributed by atoms with Gasteiger partial charge in [-0.05, 0) is 31.2 Å². The van der Waals surface area contributed by atoms with E-state index >= 15 is 0 Å². The van der Waals surface area contributed by atoms with Crippen molar-refractivity contribution in [2.75, 3.05) is 14.2 Å². The van der Waals surface area contributed by atoms with Crippen molar-refractivity contribution in [2.45, 2.75) is 25.0 Å². The molecule has 2 unspecified atom stereocenters. The summed E-state index contributed by atoms with van der Waals surface area (Å²) in [6.07, 6.45) is -0.587. The molecule has 0 aliphatic carbocycles. The molecule has 2 atom stereocenters. The molecule has 6 heteroatoms. The molecule has 1 rings (SSSR count). The SMILES string of the molecule is CNC(CCC(=O)OC)C(O)c1ccc(F)c(F)c1. The molecular formula is C13H17F2NO3. The van der Waals surface area contributed by atoms with Crippen molar-refractivity contribution >= 4 is 5.97 Å². The third-order valence-electron chi connectivity index (χ3n) is 2.92. The normalized spacial score (nSPS) is 13.9. The topological polar surface area (TPSA) is 58.6 Å². The molecule has 0 aromatic heterocycles. The van der Waals surface area contributed by atoms with Gasteiger partial charge in [0.15, 0.2) is 11.6 Å². The van der Waals surface area contributed by atoms with E-state index in [0.717, 1.165) is 12.1 Å². The fourth-order valence-electron chi connectivity index (χ4n) is 1.76. The second-order valence-corrected chi connectivity index (χ2v) is 4.13. The second kappa shape index (κ2) is 7.16. The summed E-state index contributed by atoms with van der Waals surface area (Å²) in [5.41, 5.74) is 0.253. The number of aliphatic hydroxyl groups excluding tert-OH is 1. The Balaban J connectivity index is 2.74. The Kier molecular flexibility index (Phi) is 5.85. The van der Waals surface area contributed by atoms with Gasteiger partial charge in [-0.1, -0.05) is 6.07 Å². The lowest BCUT2D eigenvalue weighted by Crippen LogP contribution is -2.32. The highest BCUT2D eigenvalue weighted by Crippen LogP contribution is 2.21. The van der Waals surface area contributed by atoms with Crippen molar-refractivity contribution in [3.05, 3.63) is 35.4 Å². The standard InChI is InChI=1S/C13H17F2NO3/c1-16-11(5-6-12(17)19-2)13(18)8-3-4-9(14)10(15)7-8/h3-4,7,11,13,16,18H,5-6H2,1-2H3. The lowest BCUT2D eigenvalue weighted by Gasteiger charge is -2.22. The Morgan fingerprint density at radius 3 is 2.63 bits per heavy atom. The number of benzene rings is 1. The van der Waals surface area contributed by atoms with Gasteiger partial charge in [-0.15, -0.1) is 0 Å². The van der Waals surface area contributed by atoms with Gasteiger partial charge in [0.1, 0.15) is 0 Å². The highest BCUT2D eigenvalue weighted by Gasteiger charge is 2.21. The van der Waals surface area contributed by atoms with Gasteiger partial charge in [0, 0.05) is 12.5 Å². The molecule has 0 spiro atoms. The Bertz CT molecular complexity index is 440. The van der Waals surface area contributed by atoms with Gasteiger partial charge in [-0.25, -0.2) is 8.78 Å². The van der Waals surface area contributed by atoms with Gasteiger partial charge in [-0.3, -0.25) is 4.79 Å².